The van der Waals surface area contributed by atoms with Gasteiger partial charge in [-0.3, -0.25) is 0 Å². The molecular weight excluding hydrogens is 618 g/mol. The number of hydrogen-bond donors (Lipinski definition) is 1. The van der Waals surface area contributed by atoms with E-state index in [1.165, 1.54) is 0 Å². The van der Waals surface area contributed by atoms with Crippen LogP contribution < -0.4 is 10.1 Å². The number of halogens is 8. The number of aromatic nitrogens is 1. The van der Waals surface area contributed by atoms with Crippen LogP contribution in [0.25, 0.3) is 21.8 Å². The molecule has 0 radical (unpaired) electrons. The van der Waals surface area contributed by atoms with Crippen molar-refractivity contribution in [2.45, 2.75) is 25.8 Å². The van der Waals surface area contributed by atoms with Crippen molar-refractivity contribution in [1.82, 2.24) is 9.88 Å². The van der Waals surface area contributed by atoms with E-state index in [9.17, 15) is 0 Å². The molecule has 1 atom stereocenters. The summed E-state index contributed by atoms with van der Waals surface area (Å²) in [6, 6.07) is 12.1. The van der Waals surface area contributed by atoms with Gasteiger partial charge in [0.05, 0.1) is 23.8 Å². The second kappa shape index (κ2) is 20.0. The SMILES string of the molecule is COc1ccc2nc3cc(Cl)ccc3c(NC(C)CCCN(CCCl)CCCl)c2c1.Cl.Cl.Cl.Cl.Cl. The van der Waals surface area contributed by atoms with E-state index in [2.05, 4.69) is 17.1 Å². The molecule has 0 aliphatic carbocycles. The Labute approximate surface area is 254 Å². The van der Waals surface area contributed by atoms with Crippen molar-refractivity contribution in [2.75, 3.05) is 43.8 Å². The highest BCUT2D eigenvalue weighted by Crippen LogP contribution is 2.34. The Morgan fingerprint density at radius 2 is 1.54 bits per heavy atom. The smallest absolute Gasteiger partial charge is 0.119 e. The van der Waals surface area contributed by atoms with Crippen LogP contribution in [0.1, 0.15) is 19.8 Å². The molecule has 1 unspecified atom stereocenters. The van der Waals surface area contributed by atoms with Gasteiger partial charge in [0.1, 0.15) is 5.75 Å². The van der Waals surface area contributed by atoms with Crippen LogP contribution in [0.5, 0.6) is 5.75 Å². The molecule has 3 aromatic rings. The summed E-state index contributed by atoms with van der Waals surface area (Å²) in [5.41, 5.74) is 2.86. The lowest BCUT2D eigenvalue weighted by molar-refractivity contribution is 0.298. The molecule has 2 aromatic carbocycles. The molecule has 1 aromatic heterocycles. The molecule has 202 valence electrons. The number of hydrogen-bond acceptors (Lipinski definition) is 4. The highest BCUT2D eigenvalue weighted by molar-refractivity contribution is 6.31. The molecule has 1 N–H and O–H groups in total. The number of benzene rings is 2. The Morgan fingerprint density at radius 3 is 2.14 bits per heavy atom. The number of nitrogens with one attached hydrogen (secondary N) is 1. The zero-order valence-corrected chi connectivity index (χ0v) is 25.8. The number of pyridine rings is 1. The van der Waals surface area contributed by atoms with Gasteiger partial charge >= 0.3 is 0 Å². The van der Waals surface area contributed by atoms with Crippen LogP contribution in [0.2, 0.25) is 5.02 Å². The van der Waals surface area contributed by atoms with E-state index in [0.29, 0.717) is 16.8 Å². The fraction of sp³-hybridized carbons (Fsp3) is 0.435. The average Bonchev–Trinajstić information content (AvgIpc) is 2.73. The minimum absolute atomic E-state index is 0. The number of alkyl halides is 2. The maximum atomic E-state index is 6.22. The van der Waals surface area contributed by atoms with E-state index in [1.54, 1.807) is 7.11 Å². The molecule has 1 heterocycles. The van der Waals surface area contributed by atoms with Crippen molar-refractivity contribution in [3.63, 3.8) is 0 Å². The first kappa shape index (κ1) is 39.5. The standard InChI is InChI=1S/C23H28Cl3N3O.5ClH/c1-16(4-3-11-29(12-9-24)13-10-25)27-23-19-7-5-17(26)14-22(19)28-21-8-6-18(30-2)15-20(21)23;;;;;/h5-8,14-16H,3-4,9-13H2,1-2H3,(H,27,28);5*1H. The second-order valence-electron chi connectivity index (χ2n) is 7.44. The highest BCUT2D eigenvalue weighted by Gasteiger charge is 2.14. The summed E-state index contributed by atoms with van der Waals surface area (Å²) in [5.74, 6) is 2.07. The lowest BCUT2D eigenvalue weighted by Crippen LogP contribution is -2.30. The monoisotopic (exact) mass is 647 g/mol. The van der Waals surface area contributed by atoms with Crippen molar-refractivity contribution in [2.24, 2.45) is 0 Å². The van der Waals surface area contributed by atoms with Crippen LogP contribution in [-0.4, -0.2) is 54.4 Å². The summed E-state index contributed by atoms with van der Waals surface area (Å²) in [4.78, 5) is 7.11. The van der Waals surface area contributed by atoms with Gasteiger partial charge in [0, 0.05) is 46.7 Å². The summed E-state index contributed by atoms with van der Waals surface area (Å²) in [7, 11) is 1.68. The molecule has 12 heteroatoms. The van der Waals surface area contributed by atoms with Crippen LogP contribution in [0, 0.1) is 0 Å². The van der Waals surface area contributed by atoms with Crippen LogP contribution in [-0.2, 0) is 0 Å². The van der Waals surface area contributed by atoms with Gasteiger partial charge in [-0.2, -0.15) is 0 Å². The number of nitrogens with zero attached hydrogens (tertiary/aromatic N) is 2. The van der Waals surface area contributed by atoms with Gasteiger partial charge in [0.25, 0.3) is 0 Å². The molecule has 4 nitrogen and oxygen atoms in total. The minimum atomic E-state index is 0. The minimum Gasteiger partial charge on any atom is -0.497 e. The molecule has 0 aliphatic rings. The number of ether oxygens (including phenoxy) is 1. The van der Waals surface area contributed by atoms with E-state index in [1.807, 2.05) is 36.4 Å². The Balaban J connectivity index is -0.00000205. The molecule has 0 bridgehead atoms. The first-order chi connectivity index (χ1) is 14.5. The molecule has 0 saturated heterocycles. The summed E-state index contributed by atoms with van der Waals surface area (Å²) < 4.78 is 5.45. The Kier molecular flexibility index (Phi) is 22.6. The predicted octanol–water partition coefficient (Wildman–Crippen LogP) is 8.52. The number of rotatable bonds is 11. The molecular formula is C23H33Cl8N3O. The number of anilines is 1. The maximum absolute atomic E-state index is 6.22. The van der Waals surface area contributed by atoms with E-state index in [-0.39, 0.29) is 68.1 Å². The van der Waals surface area contributed by atoms with Crippen LogP contribution >= 0.6 is 96.8 Å². The highest BCUT2D eigenvalue weighted by atomic mass is 35.5. The van der Waals surface area contributed by atoms with Gasteiger partial charge in [0.2, 0.25) is 0 Å². The van der Waals surface area contributed by atoms with Gasteiger partial charge in [-0.05, 0) is 62.7 Å². The van der Waals surface area contributed by atoms with Gasteiger partial charge in [-0.1, -0.05) is 11.6 Å². The summed E-state index contributed by atoms with van der Waals surface area (Å²) >= 11 is 18.0. The zero-order chi connectivity index (χ0) is 21.5. The van der Waals surface area contributed by atoms with Crippen molar-refractivity contribution in [3.8, 4) is 5.75 Å². The third-order valence-corrected chi connectivity index (χ3v) is 5.82. The summed E-state index contributed by atoms with van der Waals surface area (Å²) in [5, 5.41) is 6.51. The predicted molar refractivity (Wildman–Crippen MR) is 167 cm³/mol. The fourth-order valence-electron chi connectivity index (χ4n) is 3.69. The van der Waals surface area contributed by atoms with Crippen molar-refractivity contribution in [3.05, 3.63) is 41.4 Å². The van der Waals surface area contributed by atoms with Crippen LogP contribution in [0.3, 0.4) is 0 Å². The number of fused-ring (bicyclic) bond motifs is 2. The van der Waals surface area contributed by atoms with E-state index in [4.69, 9.17) is 44.5 Å². The first-order valence-corrected chi connectivity index (χ1v) is 11.7. The second-order valence-corrected chi connectivity index (χ2v) is 8.63. The van der Waals surface area contributed by atoms with Crippen molar-refractivity contribution in [1.29, 1.82) is 0 Å². The Bertz CT molecular complexity index is 990. The Morgan fingerprint density at radius 1 is 0.886 bits per heavy atom. The maximum Gasteiger partial charge on any atom is 0.119 e. The molecule has 0 fully saturated rings. The van der Waals surface area contributed by atoms with Gasteiger partial charge in [0.15, 0.2) is 0 Å². The average molecular weight is 651 g/mol. The normalized spacial score (nSPS) is 10.8. The summed E-state index contributed by atoms with van der Waals surface area (Å²) in [6.45, 7) is 4.95. The molecule has 3 rings (SSSR count). The molecule has 0 aliphatic heterocycles. The third-order valence-electron chi connectivity index (χ3n) is 5.25. The lowest BCUT2D eigenvalue weighted by atomic mass is 10.1. The van der Waals surface area contributed by atoms with E-state index < -0.39 is 0 Å². The molecule has 0 spiro atoms. The van der Waals surface area contributed by atoms with Crippen LogP contribution in [0.4, 0.5) is 5.69 Å². The molecule has 0 saturated carbocycles. The topological polar surface area (TPSA) is 37.4 Å². The summed E-state index contributed by atoms with van der Waals surface area (Å²) in [6.07, 6.45) is 2.10. The Hall–Kier alpha value is -0.01000. The quantitative estimate of drug-likeness (QED) is 0.167. The van der Waals surface area contributed by atoms with Crippen molar-refractivity contribution < 1.29 is 4.74 Å². The number of methoxy groups -OCH3 is 1. The fourth-order valence-corrected chi connectivity index (χ4v) is 4.34. The van der Waals surface area contributed by atoms with Gasteiger partial charge in [-0.15, -0.1) is 85.2 Å². The van der Waals surface area contributed by atoms with E-state index >= 15 is 0 Å². The zero-order valence-electron chi connectivity index (χ0n) is 19.5. The molecule has 0 amide bonds. The first-order valence-electron chi connectivity index (χ1n) is 10.2. The third kappa shape index (κ3) is 11.1. The lowest BCUT2D eigenvalue weighted by Gasteiger charge is -2.22. The van der Waals surface area contributed by atoms with Crippen LogP contribution in [0.15, 0.2) is 36.4 Å². The van der Waals surface area contributed by atoms with Crippen molar-refractivity contribution >= 4 is 124 Å². The van der Waals surface area contributed by atoms with Gasteiger partial charge < -0.3 is 15.0 Å². The largest absolute Gasteiger partial charge is 0.497 e. The van der Waals surface area contributed by atoms with Gasteiger partial charge in [-0.25, -0.2) is 4.98 Å². The van der Waals surface area contributed by atoms with E-state index in [0.717, 1.165) is 65.7 Å². The molecule has 35 heavy (non-hydrogen) atoms.